The Hall–Kier alpha value is -4.31. The van der Waals surface area contributed by atoms with Crippen LogP contribution in [-0.4, -0.2) is 67.1 Å². The molecule has 0 radical (unpaired) electrons. The van der Waals surface area contributed by atoms with E-state index in [9.17, 15) is 4.79 Å². The van der Waals surface area contributed by atoms with Crippen LogP contribution in [0, 0.1) is 5.41 Å². The molecule has 1 atom stereocenters. The molecule has 0 bridgehead atoms. The van der Waals surface area contributed by atoms with Gasteiger partial charge in [-0.3, -0.25) is 4.79 Å². The van der Waals surface area contributed by atoms with E-state index in [4.69, 9.17) is 10.5 Å². The number of carbonyl (C=O) groups is 1. The summed E-state index contributed by atoms with van der Waals surface area (Å²) in [7, 11) is 3.85. The summed E-state index contributed by atoms with van der Waals surface area (Å²) >= 11 is 0. The average Bonchev–Trinajstić information content (AvgIpc) is 3.31. The lowest BCUT2D eigenvalue weighted by molar-refractivity contribution is -0.00238. The van der Waals surface area contributed by atoms with Crippen molar-refractivity contribution in [3.63, 3.8) is 0 Å². The van der Waals surface area contributed by atoms with E-state index in [0.29, 0.717) is 16.7 Å². The van der Waals surface area contributed by atoms with E-state index in [1.54, 1.807) is 11.8 Å². The first-order chi connectivity index (χ1) is 18.9. The summed E-state index contributed by atoms with van der Waals surface area (Å²) in [5.41, 5.74) is 13.6. The van der Waals surface area contributed by atoms with Crippen molar-refractivity contribution < 1.29 is 9.53 Å². The Kier molecular flexibility index (Phi) is 5.41. The van der Waals surface area contributed by atoms with Crippen molar-refractivity contribution in [2.24, 2.45) is 10.4 Å². The standard InChI is InChI=1S/C29H32N8O2/c1-35-14-29(15-35)16-36(17-29)21-7-5-20(6-8-21)33-27(38)24-13-32-37(26(24)30)28-31-12-19-4-3-18-11-22(39-2)9-10-23(18)25(19)34-28/h5-13,28,34H,3-4,14-17,30H2,1-2H3,(H,33,38). The van der Waals surface area contributed by atoms with Crippen LogP contribution < -0.4 is 26.0 Å². The number of nitrogens with zero attached hydrogens (tertiary/aromatic N) is 5. The van der Waals surface area contributed by atoms with Crippen LogP contribution in [0.5, 0.6) is 5.75 Å². The molecule has 39 heavy (non-hydrogen) atoms. The van der Waals surface area contributed by atoms with Crippen LogP contribution in [0.15, 0.2) is 59.2 Å². The summed E-state index contributed by atoms with van der Waals surface area (Å²) < 4.78 is 6.95. The molecule has 2 saturated heterocycles. The Labute approximate surface area is 227 Å². The van der Waals surface area contributed by atoms with E-state index in [0.717, 1.165) is 48.5 Å². The zero-order chi connectivity index (χ0) is 26.7. The highest BCUT2D eigenvalue weighted by Gasteiger charge is 2.50. The number of fused-ring (bicyclic) bond motifs is 2. The first kappa shape index (κ1) is 23.8. The first-order valence-corrected chi connectivity index (χ1v) is 13.3. The number of aryl methyl sites for hydroxylation is 1. The Morgan fingerprint density at radius 3 is 2.67 bits per heavy atom. The topological polar surface area (TPSA) is 113 Å². The number of anilines is 3. The number of benzene rings is 2. The predicted molar refractivity (Wildman–Crippen MR) is 152 cm³/mol. The first-order valence-electron chi connectivity index (χ1n) is 13.3. The van der Waals surface area contributed by atoms with Gasteiger partial charge in [0, 0.05) is 60.4 Å². The number of nitrogens with two attached hydrogens (primary N) is 1. The lowest BCUT2D eigenvalue weighted by atomic mass is 9.73. The number of hydrogen-bond acceptors (Lipinski definition) is 8. The molecule has 10 nitrogen and oxygen atoms in total. The van der Waals surface area contributed by atoms with Gasteiger partial charge in [-0.25, -0.2) is 9.67 Å². The van der Waals surface area contributed by atoms with Gasteiger partial charge in [-0.1, -0.05) is 0 Å². The molecule has 4 aliphatic rings. The minimum atomic E-state index is -0.548. The lowest BCUT2D eigenvalue weighted by Crippen LogP contribution is -2.71. The van der Waals surface area contributed by atoms with Gasteiger partial charge >= 0.3 is 0 Å². The molecule has 1 amide bonds. The van der Waals surface area contributed by atoms with E-state index < -0.39 is 6.29 Å². The molecule has 0 saturated carbocycles. The smallest absolute Gasteiger partial charge is 0.261 e. The molecule has 2 fully saturated rings. The second-order valence-electron chi connectivity index (χ2n) is 11.1. The third-order valence-corrected chi connectivity index (χ3v) is 8.28. The maximum Gasteiger partial charge on any atom is 0.261 e. The zero-order valence-corrected chi connectivity index (χ0v) is 22.1. The van der Waals surface area contributed by atoms with E-state index in [2.05, 4.69) is 61.8 Å². The highest BCUT2D eigenvalue weighted by Crippen LogP contribution is 2.41. The molecule has 10 heteroatoms. The summed E-state index contributed by atoms with van der Waals surface area (Å²) in [4.78, 5) is 22.5. The second kappa shape index (κ2) is 8.88. The third-order valence-electron chi connectivity index (χ3n) is 8.28. The number of ether oxygens (including phenoxy) is 1. The lowest BCUT2D eigenvalue weighted by Gasteiger charge is -2.60. The number of nitrogen functional groups attached to an aromatic ring is 1. The molecule has 7 rings (SSSR count). The number of amides is 1. The third kappa shape index (κ3) is 4.02. The monoisotopic (exact) mass is 524 g/mol. The Morgan fingerprint density at radius 1 is 1.13 bits per heavy atom. The number of hydrogen-bond donors (Lipinski definition) is 3. The number of allylic oxidation sites excluding steroid dienone is 1. The highest BCUT2D eigenvalue weighted by molar-refractivity contribution is 6.07. The minimum Gasteiger partial charge on any atom is -0.497 e. The number of aromatic nitrogens is 2. The molecular weight excluding hydrogens is 492 g/mol. The largest absolute Gasteiger partial charge is 0.497 e. The molecule has 200 valence electrons. The quantitative estimate of drug-likeness (QED) is 0.470. The SMILES string of the molecule is COc1ccc2c(c1)CCC1=C2NC(n2ncc(C(=O)Nc3ccc(N4CC5(CN(C)C5)C4)cc3)c2N)N=C1. The van der Waals surface area contributed by atoms with E-state index in [1.165, 1.54) is 30.5 Å². The van der Waals surface area contributed by atoms with Crippen molar-refractivity contribution in [2.45, 2.75) is 19.1 Å². The van der Waals surface area contributed by atoms with Crippen LogP contribution in [0.25, 0.3) is 5.70 Å². The van der Waals surface area contributed by atoms with Gasteiger partial charge in [-0.2, -0.15) is 5.10 Å². The maximum absolute atomic E-state index is 13.1. The van der Waals surface area contributed by atoms with Gasteiger partial charge in [0.1, 0.15) is 17.1 Å². The van der Waals surface area contributed by atoms with Crippen LogP contribution in [-0.2, 0) is 6.42 Å². The van der Waals surface area contributed by atoms with E-state index >= 15 is 0 Å². The average molecular weight is 525 g/mol. The molecule has 3 aromatic rings. The van der Waals surface area contributed by atoms with Gasteiger partial charge in [0.05, 0.1) is 13.3 Å². The molecular formula is C29H32N8O2. The van der Waals surface area contributed by atoms with Gasteiger partial charge < -0.3 is 30.9 Å². The van der Waals surface area contributed by atoms with Gasteiger partial charge in [0.2, 0.25) is 6.29 Å². The van der Waals surface area contributed by atoms with Crippen molar-refractivity contribution in [1.82, 2.24) is 20.0 Å². The summed E-state index contributed by atoms with van der Waals surface area (Å²) in [6.45, 7) is 4.54. The molecule has 3 aliphatic heterocycles. The van der Waals surface area contributed by atoms with E-state index in [1.807, 2.05) is 24.4 Å². The molecule has 1 aromatic heterocycles. The van der Waals surface area contributed by atoms with Crippen LogP contribution in [0.2, 0.25) is 0 Å². The Morgan fingerprint density at radius 2 is 1.92 bits per heavy atom. The van der Waals surface area contributed by atoms with Crippen LogP contribution in [0.3, 0.4) is 0 Å². The fourth-order valence-electron chi connectivity index (χ4n) is 6.41. The van der Waals surface area contributed by atoms with Crippen molar-refractivity contribution in [3.8, 4) is 5.75 Å². The summed E-state index contributed by atoms with van der Waals surface area (Å²) in [5.74, 6) is 0.794. The minimum absolute atomic E-state index is 0.255. The molecule has 4 heterocycles. The molecule has 1 aliphatic carbocycles. The molecule has 1 unspecified atom stereocenters. The van der Waals surface area contributed by atoms with Crippen LogP contribution in [0.4, 0.5) is 17.2 Å². The highest BCUT2D eigenvalue weighted by atomic mass is 16.5. The van der Waals surface area contributed by atoms with Gasteiger partial charge in [-0.15, -0.1) is 0 Å². The number of rotatable bonds is 5. The molecule has 2 aromatic carbocycles. The van der Waals surface area contributed by atoms with Gasteiger partial charge in [0.15, 0.2) is 0 Å². The van der Waals surface area contributed by atoms with Crippen molar-refractivity contribution in [2.75, 3.05) is 56.3 Å². The molecule has 4 N–H and O–H groups in total. The van der Waals surface area contributed by atoms with Crippen LogP contribution >= 0.6 is 0 Å². The van der Waals surface area contributed by atoms with E-state index in [-0.39, 0.29) is 11.7 Å². The zero-order valence-electron chi connectivity index (χ0n) is 22.1. The van der Waals surface area contributed by atoms with Crippen molar-refractivity contribution >= 4 is 35.0 Å². The van der Waals surface area contributed by atoms with Crippen LogP contribution in [0.1, 0.15) is 34.2 Å². The summed E-state index contributed by atoms with van der Waals surface area (Å²) in [5, 5.41) is 10.8. The Balaban J connectivity index is 1.02. The normalized spacial score (nSPS) is 21.0. The summed E-state index contributed by atoms with van der Waals surface area (Å²) in [6, 6.07) is 14.1. The molecule has 1 spiro atoms. The predicted octanol–water partition coefficient (Wildman–Crippen LogP) is 2.97. The number of methoxy groups -OCH3 is 1. The fourth-order valence-corrected chi connectivity index (χ4v) is 6.41. The summed E-state index contributed by atoms with van der Waals surface area (Å²) in [6.07, 6.45) is 4.64. The van der Waals surface area contributed by atoms with Crippen molar-refractivity contribution in [3.05, 3.63) is 70.9 Å². The number of aliphatic imine (C=N–C) groups is 1. The van der Waals surface area contributed by atoms with Gasteiger partial charge in [-0.05, 0) is 73.5 Å². The number of carbonyl (C=O) groups excluding carboxylic acids is 1. The van der Waals surface area contributed by atoms with Gasteiger partial charge in [0.25, 0.3) is 5.91 Å². The number of likely N-dealkylation sites (tertiary alicyclic amines) is 1. The fraction of sp³-hybridized carbons (Fsp3) is 0.345. The Bertz CT molecular complexity index is 1510. The van der Waals surface area contributed by atoms with Crippen molar-refractivity contribution in [1.29, 1.82) is 0 Å². The number of nitrogens with one attached hydrogen (secondary N) is 2. The maximum atomic E-state index is 13.1. The second-order valence-corrected chi connectivity index (χ2v) is 11.1.